The lowest BCUT2D eigenvalue weighted by atomic mass is 10.2. The molecule has 0 aliphatic rings. The lowest BCUT2D eigenvalue weighted by Crippen LogP contribution is -1.97. The molecule has 0 saturated carbocycles. The Balaban J connectivity index is 2.09. The zero-order valence-corrected chi connectivity index (χ0v) is 12.9. The average molecular weight is 358 g/mol. The summed E-state index contributed by atoms with van der Waals surface area (Å²) in [6.07, 6.45) is 0. The molecule has 0 aromatic heterocycles. The van der Waals surface area contributed by atoms with Crippen molar-refractivity contribution in [1.82, 2.24) is 0 Å². The first kappa shape index (κ1) is 14.4. The minimum Gasteiger partial charge on any atom is -0.478 e. The van der Waals surface area contributed by atoms with Crippen molar-refractivity contribution < 1.29 is 9.90 Å². The molecule has 0 bridgehead atoms. The van der Waals surface area contributed by atoms with E-state index in [-0.39, 0.29) is 5.56 Å². The molecule has 0 spiro atoms. The van der Waals surface area contributed by atoms with Gasteiger partial charge < -0.3 is 5.11 Å². The van der Waals surface area contributed by atoms with E-state index in [1.807, 2.05) is 30.3 Å². The van der Waals surface area contributed by atoms with Gasteiger partial charge in [0.05, 0.1) is 5.56 Å². The fourth-order valence-corrected chi connectivity index (χ4v) is 2.94. The van der Waals surface area contributed by atoms with Crippen molar-refractivity contribution in [2.75, 3.05) is 0 Å². The second-order valence-electron chi connectivity index (χ2n) is 3.86. The molecule has 0 aliphatic carbocycles. The minimum absolute atomic E-state index is 0.279. The predicted molar refractivity (Wildman–Crippen MR) is 82.1 cm³/mol. The van der Waals surface area contributed by atoms with Gasteiger partial charge in [-0.1, -0.05) is 23.7 Å². The molecule has 5 heteroatoms. The zero-order chi connectivity index (χ0) is 13.8. The van der Waals surface area contributed by atoms with Gasteiger partial charge in [-0.2, -0.15) is 0 Å². The highest BCUT2D eigenvalue weighted by Gasteiger charge is 2.09. The highest BCUT2D eigenvalue weighted by Crippen LogP contribution is 2.27. The van der Waals surface area contributed by atoms with Crippen LogP contribution in [0.2, 0.25) is 5.02 Å². The van der Waals surface area contributed by atoms with Crippen LogP contribution in [0.1, 0.15) is 15.9 Å². The maximum Gasteiger partial charge on any atom is 0.336 e. The first-order chi connectivity index (χ1) is 9.06. The summed E-state index contributed by atoms with van der Waals surface area (Å²) in [5, 5.41) is 9.77. The fraction of sp³-hybridized carbons (Fsp3) is 0.0714. The average Bonchev–Trinajstić information content (AvgIpc) is 2.39. The maximum atomic E-state index is 11.0. The monoisotopic (exact) mass is 356 g/mol. The maximum absolute atomic E-state index is 11.0. The standard InChI is InChI=1S/C14H10BrClO2S/c15-13-6-5-11(7-12(13)14(17)18)19-8-9-1-3-10(16)4-2-9/h1-7H,8H2,(H,17,18). The summed E-state index contributed by atoms with van der Waals surface area (Å²) < 4.78 is 0.593. The van der Waals surface area contributed by atoms with Crippen molar-refractivity contribution in [3.05, 3.63) is 63.1 Å². The molecule has 1 N–H and O–H groups in total. The van der Waals surface area contributed by atoms with E-state index >= 15 is 0 Å². The second kappa shape index (κ2) is 6.46. The number of carboxylic acid groups (broad SMARTS) is 1. The van der Waals surface area contributed by atoms with Crippen LogP contribution in [0.15, 0.2) is 51.8 Å². The summed E-state index contributed by atoms with van der Waals surface area (Å²) in [7, 11) is 0. The van der Waals surface area contributed by atoms with E-state index < -0.39 is 5.97 Å². The molecule has 2 rings (SSSR count). The van der Waals surface area contributed by atoms with Crippen molar-refractivity contribution in [2.45, 2.75) is 10.6 Å². The van der Waals surface area contributed by atoms with Crippen LogP contribution in [-0.4, -0.2) is 11.1 Å². The van der Waals surface area contributed by atoms with Crippen LogP contribution in [0.4, 0.5) is 0 Å². The van der Waals surface area contributed by atoms with E-state index in [9.17, 15) is 4.79 Å². The summed E-state index contributed by atoms with van der Waals surface area (Å²) in [5.41, 5.74) is 1.43. The fourth-order valence-electron chi connectivity index (χ4n) is 1.51. The number of carboxylic acids is 1. The Kier molecular flexibility index (Phi) is 4.91. The third-order valence-electron chi connectivity index (χ3n) is 2.49. The molecule has 2 aromatic rings. The van der Waals surface area contributed by atoms with Crippen molar-refractivity contribution in [1.29, 1.82) is 0 Å². The van der Waals surface area contributed by atoms with E-state index in [1.54, 1.807) is 23.9 Å². The minimum atomic E-state index is -0.930. The number of carbonyl (C=O) groups is 1. The first-order valence-corrected chi connectivity index (χ1v) is 7.62. The number of benzene rings is 2. The van der Waals surface area contributed by atoms with Gasteiger partial charge in [-0.05, 0) is 51.8 Å². The van der Waals surface area contributed by atoms with Gasteiger partial charge in [0.15, 0.2) is 0 Å². The number of hydrogen-bond donors (Lipinski definition) is 1. The molecule has 0 saturated heterocycles. The van der Waals surface area contributed by atoms with Gasteiger partial charge in [0.1, 0.15) is 0 Å². The number of aromatic carboxylic acids is 1. The van der Waals surface area contributed by atoms with Crippen molar-refractivity contribution in [2.24, 2.45) is 0 Å². The third-order valence-corrected chi connectivity index (χ3v) is 4.50. The molecular weight excluding hydrogens is 348 g/mol. The molecule has 0 fully saturated rings. The molecule has 0 heterocycles. The van der Waals surface area contributed by atoms with E-state index in [0.717, 1.165) is 16.2 Å². The Morgan fingerprint density at radius 1 is 1.21 bits per heavy atom. The Labute approximate surface area is 128 Å². The van der Waals surface area contributed by atoms with Crippen LogP contribution in [0.25, 0.3) is 0 Å². The normalized spacial score (nSPS) is 10.4. The quantitative estimate of drug-likeness (QED) is 0.774. The van der Waals surface area contributed by atoms with Gasteiger partial charge in [-0.25, -0.2) is 4.79 Å². The third kappa shape index (κ3) is 4.00. The van der Waals surface area contributed by atoms with Crippen LogP contribution in [-0.2, 0) is 5.75 Å². The number of halogens is 2. The van der Waals surface area contributed by atoms with Crippen LogP contribution in [0.3, 0.4) is 0 Å². The topological polar surface area (TPSA) is 37.3 Å². The molecule has 0 amide bonds. The largest absolute Gasteiger partial charge is 0.478 e. The number of rotatable bonds is 4. The van der Waals surface area contributed by atoms with Gasteiger partial charge in [-0.15, -0.1) is 11.8 Å². The summed E-state index contributed by atoms with van der Waals surface area (Å²) >= 11 is 10.6. The molecular formula is C14H10BrClO2S. The molecule has 0 atom stereocenters. The van der Waals surface area contributed by atoms with E-state index in [0.29, 0.717) is 9.50 Å². The van der Waals surface area contributed by atoms with E-state index in [1.165, 1.54) is 0 Å². The Bertz CT molecular complexity index is 599. The molecule has 0 radical (unpaired) electrons. The van der Waals surface area contributed by atoms with Crippen molar-refractivity contribution in [3.63, 3.8) is 0 Å². The molecule has 2 aromatic carbocycles. The molecule has 19 heavy (non-hydrogen) atoms. The Morgan fingerprint density at radius 2 is 1.89 bits per heavy atom. The summed E-state index contributed by atoms with van der Waals surface area (Å²) in [5.74, 6) is -0.154. The van der Waals surface area contributed by atoms with Crippen molar-refractivity contribution >= 4 is 45.3 Å². The highest BCUT2D eigenvalue weighted by atomic mass is 79.9. The Hall–Kier alpha value is -0.970. The molecule has 0 unspecified atom stereocenters. The summed E-state index contributed by atoms with van der Waals surface area (Å²) in [4.78, 5) is 12.0. The molecule has 2 nitrogen and oxygen atoms in total. The first-order valence-electron chi connectivity index (χ1n) is 5.46. The summed E-state index contributed by atoms with van der Waals surface area (Å²) in [6.45, 7) is 0. The number of hydrogen-bond acceptors (Lipinski definition) is 2. The number of thioether (sulfide) groups is 1. The smallest absolute Gasteiger partial charge is 0.336 e. The van der Waals surface area contributed by atoms with E-state index in [2.05, 4.69) is 15.9 Å². The predicted octanol–water partition coefficient (Wildman–Crippen LogP) is 5.09. The lowest BCUT2D eigenvalue weighted by molar-refractivity contribution is 0.0695. The molecule has 98 valence electrons. The Morgan fingerprint density at radius 3 is 2.53 bits per heavy atom. The SMILES string of the molecule is O=C(O)c1cc(SCc2ccc(Cl)cc2)ccc1Br. The van der Waals surface area contributed by atoms with E-state index in [4.69, 9.17) is 16.7 Å². The lowest BCUT2D eigenvalue weighted by Gasteiger charge is -2.05. The van der Waals surface area contributed by atoms with Gasteiger partial charge in [0, 0.05) is 20.1 Å². The molecule has 0 aliphatic heterocycles. The van der Waals surface area contributed by atoms with Crippen LogP contribution in [0, 0.1) is 0 Å². The van der Waals surface area contributed by atoms with Gasteiger partial charge in [0.2, 0.25) is 0 Å². The second-order valence-corrected chi connectivity index (χ2v) is 6.20. The van der Waals surface area contributed by atoms with Gasteiger partial charge >= 0.3 is 5.97 Å². The highest BCUT2D eigenvalue weighted by molar-refractivity contribution is 9.10. The van der Waals surface area contributed by atoms with Crippen LogP contribution >= 0.6 is 39.3 Å². The van der Waals surface area contributed by atoms with Crippen molar-refractivity contribution in [3.8, 4) is 0 Å². The van der Waals surface area contributed by atoms with Crippen LogP contribution < -0.4 is 0 Å². The summed E-state index contributed by atoms with van der Waals surface area (Å²) in [6, 6.07) is 13.0. The van der Waals surface area contributed by atoms with Crippen LogP contribution in [0.5, 0.6) is 0 Å². The van der Waals surface area contributed by atoms with Gasteiger partial charge in [-0.3, -0.25) is 0 Å². The zero-order valence-electron chi connectivity index (χ0n) is 9.77. The van der Waals surface area contributed by atoms with Gasteiger partial charge in [0.25, 0.3) is 0 Å².